The Balaban J connectivity index is 3.04. The molecular formula is C11H12N4O5. The molecule has 0 bridgehead atoms. The molecule has 1 N–H and O–H groups in total. The van der Waals surface area contributed by atoms with Gasteiger partial charge < -0.3 is 9.84 Å². The Morgan fingerprint density at radius 3 is 2.60 bits per heavy atom. The van der Waals surface area contributed by atoms with E-state index in [1.165, 1.54) is 24.3 Å². The summed E-state index contributed by atoms with van der Waals surface area (Å²) in [6.07, 6.45) is -1.67. The molecule has 0 saturated heterocycles. The number of aliphatic hydroxyl groups excluding tert-OH is 1. The van der Waals surface area contributed by atoms with Crippen LogP contribution in [-0.4, -0.2) is 28.7 Å². The van der Waals surface area contributed by atoms with Gasteiger partial charge in [-0.15, -0.1) is 0 Å². The molecule has 2 atom stereocenters. The molecule has 0 fully saturated rings. The zero-order valence-corrected chi connectivity index (χ0v) is 10.5. The van der Waals surface area contributed by atoms with Gasteiger partial charge in [-0.1, -0.05) is 17.2 Å². The molecule has 9 heteroatoms. The van der Waals surface area contributed by atoms with Crippen molar-refractivity contribution in [1.82, 2.24) is 0 Å². The van der Waals surface area contributed by atoms with Crippen molar-refractivity contribution in [2.75, 3.05) is 6.61 Å². The highest BCUT2D eigenvalue weighted by molar-refractivity contribution is 5.75. The smallest absolute Gasteiger partial charge is 0.335 e. The van der Waals surface area contributed by atoms with Gasteiger partial charge in [0, 0.05) is 17.0 Å². The number of nitro groups is 1. The van der Waals surface area contributed by atoms with E-state index < -0.39 is 23.0 Å². The lowest BCUT2D eigenvalue weighted by molar-refractivity contribution is -0.384. The molecule has 0 aliphatic rings. The van der Waals surface area contributed by atoms with E-state index in [-0.39, 0.29) is 17.9 Å². The summed E-state index contributed by atoms with van der Waals surface area (Å²) in [6, 6.07) is 3.78. The summed E-state index contributed by atoms with van der Waals surface area (Å²) in [4.78, 5) is 23.9. The van der Waals surface area contributed by atoms with Crippen LogP contribution in [-0.2, 0) is 9.53 Å². The summed E-state index contributed by atoms with van der Waals surface area (Å²) >= 11 is 0. The van der Waals surface area contributed by atoms with Gasteiger partial charge in [0.05, 0.1) is 17.6 Å². The summed E-state index contributed by atoms with van der Waals surface area (Å²) in [5.74, 6) is -0.928. The SMILES string of the molecule is CCOC(=O)C(O)C(N=[N+]=[N-])c1ccc([N+](=O)[O-])cc1. The highest BCUT2D eigenvalue weighted by atomic mass is 16.6. The van der Waals surface area contributed by atoms with Gasteiger partial charge in [0.2, 0.25) is 0 Å². The molecule has 0 spiro atoms. The molecule has 0 aromatic heterocycles. The molecular weight excluding hydrogens is 268 g/mol. The first kappa shape index (κ1) is 15.4. The average molecular weight is 280 g/mol. The van der Waals surface area contributed by atoms with Crippen LogP contribution < -0.4 is 0 Å². The van der Waals surface area contributed by atoms with Crippen molar-refractivity contribution in [3.63, 3.8) is 0 Å². The Labute approximate surface area is 113 Å². The van der Waals surface area contributed by atoms with E-state index in [0.717, 1.165) is 0 Å². The number of nitrogens with zero attached hydrogens (tertiary/aromatic N) is 4. The maximum absolute atomic E-state index is 11.4. The van der Waals surface area contributed by atoms with E-state index in [1.54, 1.807) is 6.92 Å². The predicted octanol–water partition coefficient (Wildman–Crippen LogP) is 1.87. The third-order valence-electron chi connectivity index (χ3n) is 2.45. The first-order chi connectivity index (χ1) is 9.51. The van der Waals surface area contributed by atoms with Crippen molar-refractivity contribution in [1.29, 1.82) is 0 Å². The normalized spacial score (nSPS) is 12.9. The Morgan fingerprint density at radius 2 is 2.15 bits per heavy atom. The average Bonchev–Trinajstić information content (AvgIpc) is 2.44. The number of carbonyl (C=O) groups excluding carboxylic acids is 1. The number of hydrogen-bond acceptors (Lipinski definition) is 6. The summed E-state index contributed by atoms with van der Waals surface area (Å²) in [7, 11) is 0. The Morgan fingerprint density at radius 1 is 1.55 bits per heavy atom. The third kappa shape index (κ3) is 3.67. The molecule has 0 aliphatic carbocycles. The summed E-state index contributed by atoms with van der Waals surface area (Å²) in [6.45, 7) is 1.64. The van der Waals surface area contributed by atoms with E-state index in [4.69, 9.17) is 5.53 Å². The van der Waals surface area contributed by atoms with Gasteiger partial charge in [-0.25, -0.2) is 4.79 Å². The van der Waals surface area contributed by atoms with E-state index in [9.17, 15) is 20.0 Å². The first-order valence-electron chi connectivity index (χ1n) is 5.64. The standard InChI is InChI=1S/C11H12N4O5/c1-2-20-11(17)10(16)9(13-14-12)7-3-5-8(6-4-7)15(18)19/h3-6,9-10,16H,2H2,1H3. The van der Waals surface area contributed by atoms with Crippen LogP contribution in [0.15, 0.2) is 29.4 Å². The van der Waals surface area contributed by atoms with E-state index in [2.05, 4.69) is 14.8 Å². The fourth-order valence-electron chi connectivity index (χ4n) is 1.52. The Kier molecular flexibility index (Phi) is 5.45. The molecule has 1 aromatic rings. The second-order valence-electron chi connectivity index (χ2n) is 3.70. The van der Waals surface area contributed by atoms with Crippen molar-refractivity contribution in [2.45, 2.75) is 19.1 Å². The second-order valence-corrected chi connectivity index (χ2v) is 3.70. The summed E-state index contributed by atoms with van der Waals surface area (Å²) in [5, 5.41) is 23.7. The fourth-order valence-corrected chi connectivity index (χ4v) is 1.52. The van der Waals surface area contributed by atoms with Crippen LogP contribution in [0.4, 0.5) is 5.69 Å². The third-order valence-corrected chi connectivity index (χ3v) is 2.45. The number of hydrogen-bond donors (Lipinski definition) is 1. The van der Waals surface area contributed by atoms with E-state index >= 15 is 0 Å². The molecule has 1 rings (SSSR count). The van der Waals surface area contributed by atoms with Crippen LogP contribution in [0.1, 0.15) is 18.5 Å². The van der Waals surface area contributed by atoms with Crippen molar-refractivity contribution < 1.29 is 19.6 Å². The van der Waals surface area contributed by atoms with Gasteiger partial charge >= 0.3 is 5.97 Å². The number of rotatable bonds is 6. The van der Waals surface area contributed by atoms with Gasteiger partial charge in [0.15, 0.2) is 6.10 Å². The minimum Gasteiger partial charge on any atom is -0.464 e. The molecule has 0 amide bonds. The zero-order valence-electron chi connectivity index (χ0n) is 10.5. The van der Waals surface area contributed by atoms with Crippen molar-refractivity contribution >= 4 is 11.7 Å². The predicted molar refractivity (Wildman–Crippen MR) is 67.6 cm³/mol. The molecule has 0 radical (unpaired) electrons. The summed E-state index contributed by atoms with van der Waals surface area (Å²) in [5.41, 5.74) is 8.61. The first-order valence-corrected chi connectivity index (χ1v) is 5.64. The molecule has 20 heavy (non-hydrogen) atoms. The van der Waals surface area contributed by atoms with Crippen LogP contribution in [0, 0.1) is 10.1 Å². The van der Waals surface area contributed by atoms with Crippen LogP contribution in [0.25, 0.3) is 10.4 Å². The van der Waals surface area contributed by atoms with E-state index in [0.29, 0.717) is 0 Å². The number of azide groups is 1. The van der Waals surface area contributed by atoms with Crippen molar-refractivity contribution in [3.05, 3.63) is 50.4 Å². The van der Waals surface area contributed by atoms with Gasteiger partial charge in [-0.3, -0.25) is 10.1 Å². The lowest BCUT2D eigenvalue weighted by Crippen LogP contribution is -2.28. The molecule has 106 valence electrons. The van der Waals surface area contributed by atoms with Crippen molar-refractivity contribution in [2.24, 2.45) is 5.11 Å². The largest absolute Gasteiger partial charge is 0.464 e. The maximum atomic E-state index is 11.4. The number of ether oxygens (including phenoxy) is 1. The lowest BCUT2D eigenvalue weighted by Gasteiger charge is -2.17. The molecule has 0 aliphatic heterocycles. The number of nitro benzene ring substituents is 1. The van der Waals surface area contributed by atoms with E-state index in [1.807, 2.05) is 0 Å². The molecule has 2 unspecified atom stereocenters. The number of carbonyl (C=O) groups is 1. The van der Waals surface area contributed by atoms with Gasteiger partial charge in [0.25, 0.3) is 5.69 Å². The van der Waals surface area contributed by atoms with Gasteiger partial charge in [0.1, 0.15) is 0 Å². The van der Waals surface area contributed by atoms with Crippen LogP contribution in [0.5, 0.6) is 0 Å². The fraction of sp³-hybridized carbons (Fsp3) is 0.364. The lowest BCUT2D eigenvalue weighted by atomic mass is 10.0. The minimum absolute atomic E-state index is 0.0686. The number of esters is 1. The molecule has 1 aromatic carbocycles. The van der Waals surface area contributed by atoms with Crippen molar-refractivity contribution in [3.8, 4) is 0 Å². The molecule has 9 nitrogen and oxygen atoms in total. The topological polar surface area (TPSA) is 138 Å². The van der Waals surface area contributed by atoms with Gasteiger partial charge in [-0.05, 0) is 18.0 Å². The minimum atomic E-state index is -1.67. The number of non-ortho nitro benzene ring substituents is 1. The maximum Gasteiger partial charge on any atom is 0.335 e. The Hall–Kier alpha value is -2.64. The zero-order chi connectivity index (χ0) is 15.1. The molecule has 0 heterocycles. The van der Waals surface area contributed by atoms with Crippen LogP contribution in [0.2, 0.25) is 0 Å². The van der Waals surface area contributed by atoms with Crippen LogP contribution >= 0.6 is 0 Å². The van der Waals surface area contributed by atoms with Gasteiger partial charge in [-0.2, -0.15) is 0 Å². The number of benzene rings is 1. The second kappa shape index (κ2) is 7.07. The summed E-state index contributed by atoms with van der Waals surface area (Å²) < 4.78 is 4.63. The monoisotopic (exact) mass is 280 g/mol. The number of aliphatic hydroxyl groups is 1. The Bertz CT molecular complexity index is 538. The highest BCUT2D eigenvalue weighted by Gasteiger charge is 2.28. The molecule has 0 saturated carbocycles. The quantitative estimate of drug-likeness (QED) is 0.211. The van der Waals surface area contributed by atoms with Crippen LogP contribution in [0.3, 0.4) is 0 Å². The highest BCUT2D eigenvalue weighted by Crippen LogP contribution is 2.24.